The molecular formula is C17H24N2. The SMILES string of the molecule is Cc1ccc(C#N)c(N2CCC(C(C)(C)C)CC2)c1. The number of hydrogen-bond donors (Lipinski definition) is 0. The minimum Gasteiger partial charge on any atom is -0.370 e. The van der Waals surface area contributed by atoms with Crippen molar-refractivity contribution in [3.63, 3.8) is 0 Å². The van der Waals surface area contributed by atoms with Gasteiger partial charge in [0.05, 0.1) is 11.3 Å². The predicted molar refractivity (Wildman–Crippen MR) is 80.3 cm³/mol. The van der Waals surface area contributed by atoms with Crippen molar-refractivity contribution < 1.29 is 0 Å². The molecule has 1 aliphatic rings. The summed E-state index contributed by atoms with van der Waals surface area (Å²) < 4.78 is 0. The first kappa shape index (κ1) is 13.9. The Morgan fingerprint density at radius 2 is 1.84 bits per heavy atom. The molecule has 1 aliphatic heterocycles. The first-order chi connectivity index (χ1) is 8.91. The van der Waals surface area contributed by atoms with E-state index in [1.54, 1.807) is 0 Å². The lowest BCUT2D eigenvalue weighted by Gasteiger charge is -2.40. The highest BCUT2D eigenvalue weighted by atomic mass is 15.1. The molecule has 2 heteroatoms. The van der Waals surface area contributed by atoms with E-state index in [4.69, 9.17) is 0 Å². The van der Waals surface area contributed by atoms with E-state index in [0.29, 0.717) is 5.41 Å². The first-order valence-corrected chi connectivity index (χ1v) is 7.17. The average Bonchev–Trinajstić information content (AvgIpc) is 2.38. The number of benzene rings is 1. The van der Waals surface area contributed by atoms with E-state index in [1.165, 1.54) is 18.4 Å². The number of anilines is 1. The van der Waals surface area contributed by atoms with Crippen molar-refractivity contribution in [1.82, 2.24) is 0 Å². The van der Waals surface area contributed by atoms with Gasteiger partial charge in [-0.05, 0) is 48.8 Å². The molecule has 2 rings (SSSR count). The maximum Gasteiger partial charge on any atom is 0.101 e. The highest BCUT2D eigenvalue weighted by Crippen LogP contribution is 2.36. The number of nitrogens with zero attached hydrogens (tertiary/aromatic N) is 2. The van der Waals surface area contributed by atoms with Gasteiger partial charge in [-0.25, -0.2) is 0 Å². The lowest BCUT2D eigenvalue weighted by atomic mass is 9.75. The fraction of sp³-hybridized carbons (Fsp3) is 0.588. The predicted octanol–water partition coefficient (Wildman–Crippen LogP) is 4.13. The third-order valence-corrected chi connectivity index (χ3v) is 4.33. The number of aryl methyl sites for hydroxylation is 1. The largest absolute Gasteiger partial charge is 0.370 e. The summed E-state index contributed by atoms with van der Waals surface area (Å²) in [5.74, 6) is 0.791. The number of hydrogen-bond acceptors (Lipinski definition) is 2. The van der Waals surface area contributed by atoms with Gasteiger partial charge in [-0.2, -0.15) is 5.26 Å². The van der Waals surface area contributed by atoms with Gasteiger partial charge in [-0.3, -0.25) is 0 Å². The molecule has 0 unspecified atom stereocenters. The van der Waals surface area contributed by atoms with Gasteiger partial charge in [0.1, 0.15) is 6.07 Å². The monoisotopic (exact) mass is 256 g/mol. The van der Waals surface area contributed by atoms with Crippen molar-refractivity contribution in [3.8, 4) is 6.07 Å². The van der Waals surface area contributed by atoms with Crippen LogP contribution in [-0.2, 0) is 0 Å². The van der Waals surface area contributed by atoms with Gasteiger partial charge in [0.2, 0.25) is 0 Å². The molecule has 0 radical (unpaired) electrons. The minimum atomic E-state index is 0.400. The summed E-state index contributed by atoms with van der Waals surface area (Å²) in [7, 11) is 0. The molecule has 0 aromatic heterocycles. The molecule has 2 nitrogen and oxygen atoms in total. The van der Waals surface area contributed by atoms with Crippen molar-refractivity contribution in [2.75, 3.05) is 18.0 Å². The summed E-state index contributed by atoms with van der Waals surface area (Å²) in [6.45, 7) is 11.2. The molecule has 0 bridgehead atoms. The molecular weight excluding hydrogens is 232 g/mol. The Bertz CT molecular complexity index is 483. The van der Waals surface area contributed by atoms with Crippen molar-refractivity contribution in [1.29, 1.82) is 5.26 Å². The summed E-state index contributed by atoms with van der Waals surface area (Å²) in [6.07, 6.45) is 2.45. The van der Waals surface area contributed by atoms with E-state index >= 15 is 0 Å². The van der Waals surface area contributed by atoms with Crippen LogP contribution in [0.3, 0.4) is 0 Å². The van der Waals surface area contributed by atoms with Gasteiger partial charge in [-0.15, -0.1) is 0 Å². The van der Waals surface area contributed by atoms with Crippen LogP contribution in [0.15, 0.2) is 18.2 Å². The molecule has 0 saturated carbocycles. The van der Waals surface area contributed by atoms with E-state index in [0.717, 1.165) is 30.3 Å². The van der Waals surface area contributed by atoms with Gasteiger partial charge >= 0.3 is 0 Å². The second-order valence-electron chi connectivity index (χ2n) is 6.76. The topological polar surface area (TPSA) is 27.0 Å². The second kappa shape index (κ2) is 5.25. The van der Waals surface area contributed by atoms with Crippen LogP contribution >= 0.6 is 0 Å². The van der Waals surface area contributed by atoms with Crippen LogP contribution in [0.5, 0.6) is 0 Å². The highest BCUT2D eigenvalue weighted by Gasteiger charge is 2.29. The molecule has 1 fully saturated rings. The molecule has 0 spiro atoms. The van der Waals surface area contributed by atoms with Crippen LogP contribution in [0.2, 0.25) is 0 Å². The van der Waals surface area contributed by atoms with Crippen molar-refractivity contribution in [2.24, 2.45) is 11.3 Å². The van der Waals surface area contributed by atoms with Crippen LogP contribution in [-0.4, -0.2) is 13.1 Å². The quantitative estimate of drug-likeness (QED) is 0.755. The normalized spacial score (nSPS) is 17.3. The van der Waals surface area contributed by atoms with E-state index < -0.39 is 0 Å². The van der Waals surface area contributed by atoms with Gasteiger partial charge in [0, 0.05) is 13.1 Å². The second-order valence-corrected chi connectivity index (χ2v) is 6.76. The minimum absolute atomic E-state index is 0.400. The average molecular weight is 256 g/mol. The van der Waals surface area contributed by atoms with Crippen molar-refractivity contribution >= 4 is 5.69 Å². The van der Waals surface area contributed by atoms with Gasteiger partial charge < -0.3 is 4.90 Å². The molecule has 0 atom stereocenters. The molecule has 1 heterocycles. The fourth-order valence-electron chi connectivity index (χ4n) is 2.98. The molecule has 19 heavy (non-hydrogen) atoms. The molecule has 0 N–H and O–H groups in total. The van der Waals surface area contributed by atoms with Crippen LogP contribution in [0.1, 0.15) is 44.7 Å². The summed E-state index contributed by atoms with van der Waals surface area (Å²) in [4.78, 5) is 2.38. The molecule has 1 saturated heterocycles. The Balaban J connectivity index is 2.14. The van der Waals surface area contributed by atoms with E-state index in [1.807, 2.05) is 12.1 Å². The van der Waals surface area contributed by atoms with E-state index in [-0.39, 0.29) is 0 Å². The maximum absolute atomic E-state index is 9.24. The third kappa shape index (κ3) is 3.10. The van der Waals surface area contributed by atoms with E-state index in [9.17, 15) is 5.26 Å². The van der Waals surface area contributed by atoms with Gasteiger partial charge in [0.25, 0.3) is 0 Å². The first-order valence-electron chi connectivity index (χ1n) is 7.17. The number of nitriles is 1. The van der Waals surface area contributed by atoms with Crippen molar-refractivity contribution in [2.45, 2.75) is 40.5 Å². The molecule has 1 aromatic rings. The van der Waals surface area contributed by atoms with Gasteiger partial charge in [0.15, 0.2) is 0 Å². The number of rotatable bonds is 1. The van der Waals surface area contributed by atoms with E-state index in [2.05, 4.69) is 44.7 Å². The molecule has 102 valence electrons. The molecule has 0 aliphatic carbocycles. The zero-order valence-electron chi connectivity index (χ0n) is 12.5. The van der Waals surface area contributed by atoms with Crippen LogP contribution < -0.4 is 4.90 Å². The third-order valence-electron chi connectivity index (χ3n) is 4.33. The summed E-state index contributed by atoms with van der Waals surface area (Å²) in [5, 5.41) is 9.24. The fourth-order valence-corrected chi connectivity index (χ4v) is 2.98. The highest BCUT2D eigenvalue weighted by molar-refractivity contribution is 5.60. The zero-order valence-corrected chi connectivity index (χ0v) is 12.5. The zero-order chi connectivity index (χ0) is 14.0. The van der Waals surface area contributed by atoms with Gasteiger partial charge in [-0.1, -0.05) is 26.8 Å². The Labute approximate surface area is 117 Å². The van der Waals surface area contributed by atoms with Crippen molar-refractivity contribution in [3.05, 3.63) is 29.3 Å². The number of piperidine rings is 1. The van der Waals surface area contributed by atoms with Crippen LogP contribution in [0.25, 0.3) is 0 Å². The van der Waals surface area contributed by atoms with Crippen LogP contribution in [0, 0.1) is 29.6 Å². The smallest absolute Gasteiger partial charge is 0.101 e. The Kier molecular flexibility index (Phi) is 3.85. The van der Waals surface area contributed by atoms with Crippen LogP contribution in [0.4, 0.5) is 5.69 Å². The Morgan fingerprint density at radius 3 is 2.37 bits per heavy atom. The summed E-state index contributed by atoms with van der Waals surface area (Å²) in [5.41, 5.74) is 3.55. The Morgan fingerprint density at radius 1 is 1.21 bits per heavy atom. The standard InChI is InChI=1S/C17H24N2/c1-13-5-6-14(12-18)16(11-13)19-9-7-15(8-10-19)17(2,3)4/h5-6,11,15H,7-10H2,1-4H3. The molecule has 0 amide bonds. The summed E-state index contributed by atoms with van der Waals surface area (Å²) >= 11 is 0. The Hall–Kier alpha value is -1.49. The molecule has 1 aromatic carbocycles. The lowest BCUT2D eigenvalue weighted by molar-refractivity contribution is 0.199. The summed E-state index contributed by atoms with van der Waals surface area (Å²) in [6, 6.07) is 8.43. The maximum atomic E-state index is 9.24. The lowest BCUT2D eigenvalue weighted by Crippen LogP contribution is -2.38.